The molecule has 0 fully saturated rings. The Morgan fingerprint density at radius 1 is 1.47 bits per heavy atom. The maximum atomic E-state index is 12.8. The lowest BCUT2D eigenvalue weighted by Crippen LogP contribution is -2.40. The summed E-state index contributed by atoms with van der Waals surface area (Å²) in [5, 5.41) is 13.3. The van der Waals surface area contributed by atoms with E-state index in [4.69, 9.17) is 5.11 Å². The van der Waals surface area contributed by atoms with Crippen LogP contribution < -0.4 is 10.6 Å². The van der Waals surface area contributed by atoms with E-state index >= 15 is 0 Å². The summed E-state index contributed by atoms with van der Waals surface area (Å²) in [5.74, 6) is -1.53. The molecular formula is C10H10FIN2O3. The third-order valence-electron chi connectivity index (χ3n) is 1.90. The van der Waals surface area contributed by atoms with Crippen LogP contribution in [0.4, 0.5) is 14.9 Å². The van der Waals surface area contributed by atoms with Crippen LogP contribution in [-0.4, -0.2) is 23.1 Å². The molecular weight excluding hydrogens is 342 g/mol. The number of nitrogens with one attached hydrogen (secondary N) is 2. The van der Waals surface area contributed by atoms with Crippen molar-refractivity contribution in [3.05, 3.63) is 27.6 Å². The fraction of sp³-hybridized carbons (Fsp3) is 0.200. The van der Waals surface area contributed by atoms with Crippen molar-refractivity contribution < 1.29 is 19.1 Å². The van der Waals surface area contributed by atoms with Crippen molar-refractivity contribution in [1.29, 1.82) is 0 Å². The number of halogens is 2. The lowest BCUT2D eigenvalue weighted by Gasteiger charge is -2.11. The molecule has 0 saturated carbocycles. The van der Waals surface area contributed by atoms with Crippen molar-refractivity contribution in [3.8, 4) is 0 Å². The number of hydrogen-bond acceptors (Lipinski definition) is 2. The summed E-state index contributed by atoms with van der Waals surface area (Å²) in [5.41, 5.74) is 0.419. The highest BCUT2D eigenvalue weighted by Gasteiger charge is 2.14. The molecule has 0 aliphatic rings. The predicted octanol–water partition coefficient (Wildman–Crippen LogP) is 2.02. The predicted molar refractivity (Wildman–Crippen MR) is 68.4 cm³/mol. The van der Waals surface area contributed by atoms with Gasteiger partial charge in [0.25, 0.3) is 0 Å². The third-order valence-corrected chi connectivity index (χ3v) is 2.79. The minimum Gasteiger partial charge on any atom is -0.480 e. The van der Waals surface area contributed by atoms with Crippen LogP contribution >= 0.6 is 22.6 Å². The summed E-state index contributed by atoms with van der Waals surface area (Å²) >= 11 is 1.87. The fourth-order valence-corrected chi connectivity index (χ4v) is 1.62. The number of urea groups is 1. The summed E-state index contributed by atoms with van der Waals surface area (Å²) in [4.78, 5) is 21.9. The number of carboxylic acid groups (broad SMARTS) is 1. The Hall–Kier alpha value is -1.38. The number of carbonyl (C=O) groups excluding carboxylic acids is 1. The molecule has 1 unspecified atom stereocenters. The molecule has 2 amide bonds. The molecule has 5 nitrogen and oxygen atoms in total. The van der Waals surface area contributed by atoms with E-state index in [9.17, 15) is 14.0 Å². The molecule has 0 bridgehead atoms. The quantitative estimate of drug-likeness (QED) is 0.729. The molecule has 1 atom stereocenters. The zero-order valence-electron chi connectivity index (χ0n) is 8.83. The highest BCUT2D eigenvalue weighted by Crippen LogP contribution is 2.18. The molecule has 1 aromatic carbocycles. The maximum Gasteiger partial charge on any atom is 0.325 e. The standard InChI is InChI=1S/C10H10FIN2O3/c1-5(9(15)16)13-10(17)14-8-3-2-6(11)4-7(8)12/h2-5H,1H3,(H,15,16)(H2,13,14,17). The largest absolute Gasteiger partial charge is 0.480 e. The summed E-state index contributed by atoms with van der Waals surface area (Å²) in [6.45, 7) is 1.34. The first kappa shape index (κ1) is 13.7. The van der Waals surface area contributed by atoms with Crippen LogP contribution in [0, 0.1) is 9.39 Å². The van der Waals surface area contributed by atoms with E-state index in [1.807, 2.05) is 22.6 Å². The second-order valence-electron chi connectivity index (χ2n) is 3.28. The highest BCUT2D eigenvalue weighted by atomic mass is 127. The van der Waals surface area contributed by atoms with Crippen LogP contribution in [0.5, 0.6) is 0 Å². The van der Waals surface area contributed by atoms with Crippen molar-refractivity contribution in [1.82, 2.24) is 5.32 Å². The SMILES string of the molecule is CC(NC(=O)Nc1ccc(F)cc1I)C(=O)O. The van der Waals surface area contributed by atoms with Crippen LogP contribution in [0.15, 0.2) is 18.2 Å². The van der Waals surface area contributed by atoms with Crippen LogP contribution in [0.3, 0.4) is 0 Å². The number of carboxylic acids is 1. The van der Waals surface area contributed by atoms with Gasteiger partial charge >= 0.3 is 12.0 Å². The summed E-state index contributed by atoms with van der Waals surface area (Å²) in [6, 6.07) is 2.23. The average Bonchev–Trinajstić information content (AvgIpc) is 2.22. The van der Waals surface area contributed by atoms with Gasteiger partial charge in [-0.25, -0.2) is 9.18 Å². The van der Waals surface area contributed by atoms with Gasteiger partial charge in [-0.05, 0) is 47.7 Å². The van der Waals surface area contributed by atoms with E-state index in [1.54, 1.807) is 0 Å². The van der Waals surface area contributed by atoms with Crippen LogP contribution in [0.2, 0.25) is 0 Å². The van der Waals surface area contributed by atoms with Gasteiger partial charge < -0.3 is 15.7 Å². The molecule has 1 rings (SSSR count). The van der Waals surface area contributed by atoms with Crippen LogP contribution in [-0.2, 0) is 4.79 Å². The van der Waals surface area contributed by atoms with Gasteiger partial charge in [0.2, 0.25) is 0 Å². The molecule has 7 heteroatoms. The van der Waals surface area contributed by atoms with Gasteiger partial charge in [0.1, 0.15) is 11.9 Å². The van der Waals surface area contributed by atoms with E-state index in [0.29, 0.717) is 9.26 Å². The lowest BCUT2D eigenvalue weighted by molar-refractivity contribution is -0.138. The smallest absolute Gasteiger partial charge is 0.325 e. The van der Waals surface area contributed by atoms with E-state index in [1.165, 1.54) is 25.1 Å². The Morgan fingerprint density at radius 3 is 2.65 bits per heavy atom. The first-order valence-corrected chi connectivity index (χ1v) is 5.73. The third kappa shape index (κ3) is 4.17. The Kier molecular flexibility index (Phi) is 4.67. The molecule has 3 N–H and O–H groups in total. The Labute approximate surface area is 111 Å². The van der Waals surface area contributed by atoms with Crippen molar-refractivity contribution in [2.75, 3.05) is 5.32 Å². The molecule has 0 saturated heterocycles. The second kappa shape index (κ2) is 5.80. The topological polar surface area (TPSA) is 78.4 Å². The molecule has 0 radical (unpaired) electrons. The van der Waals surface area contributed by atoms with E-state index < -0.39 is 23.9 Å². The highest BCUT2D eigenvalue weighted by molar-refractivity contribution is 14.1. The van der Waals surface area contributed by atoms with Gasteiger partial charge in [-0.15, -0.1) is 0 Å². The molecule has 0 spiro atoms. The first-order chi connectivity index (χ1) is 7.90. The fourth-order valence-electron chi connectivity index (χ4n) is 1.01. The number of carbonyl (C=O) groups is 2. The molecule has 0 heterocycles. The molecule has 92 valence electrons. The molecule has 1 aromatic rings. The summed E-state index contributed by atoms with van der Waals surface area (Å²) < 4.78 is 13.3. The normalized spacial score (nSPS) is 11.7. The summed E-state index contributed by atoms with van der Waals surface area (Å²) in [7, 11) is 0. The van der Waals surface area contributed by atoms with Crippen molar-refractivity contribution in [2.24, 2.45) is 0 Å². The van der Waals surface area contributed by atoms with E-state index in [-0.39, 0.29) is 0 Å². The zero-order chi connectivity index (χ0) is 13.0. The van der Waals surface area contributed by atoms with Gasteiger partial charge in [0.05, 0.1) is 5.69 Å². The summed E-state index contributed by atoms with van der Waals surface area (Å²) in [6.07, 6.45) is 0. The number of benzene rings is 1. The van der Waals surface area contributed by atoms with Crippen LogP contribution in [0.25, 0.3) is 0 Å². The Morgan fingerprint density at radius 2 is 2.12 bits per heavy atom. The van der Waals surface area contributed by atoms with Crippen molar-refractivity contribution >= 4 is 40.3 Å². The van der Waals surface area contributed by atoms with Gasteiger partial charge in [0, 0.05) is 3.57 Å². The van der Waals surface area contributed by atoms with E-state index in [0.717, 1.165) is 0 Å². The van der Waals surface area contributed by atoms with Gasteiger partial charge in [-0.3, -0.25) is 4.79 Å². The molecule has 0 aliphatic carbocycles. The number of hydrogen-bond donors (Lipinski definition) is 3. The van der Waals surface area contributed by atoms with Gasteiger partial charge in [-0.1, -0.05) is 0 Å². The van der Waals surface area contributed by atoms with Gasteiger partial charge in [-0.2, -0.15) is 0 Å². The maximum absolute atomic E-state index is 12.8. The monoisotopic (exact) mass is 352 g/mol. The van der Waals surface area contributed by atoms with Gasteiger partial charge in [0.15, 0.2) is 0 Å². The molecule has 17 heavy (non-hydrogen) atoms. The Balaban J connectivity index is 2.65. The molecule has 0 aromatic heterocycles. The Bertz CT molecular complexity index is 453. The van der Waals surface area contributed by atoms with E-state index in [2.05, 4.69) is 10.6 Å². The van der Waals surface area contributed by atoms with Crippen molar-refractivity contribution in [2.45, 2.75) is 13.0 Å². The van der Waals surface area contributed by atoms with Crippen molar-refractivity contribution in [3.63, 3.8) is 0 Å². The second-order valence-corrected chi connectivity index (χ2v) is 4.44. The minimum atomic E-state index is -1.13. The number of amides is 2. The number of rotatable bonds is 3. The lowest BCUT2D eigenvalue weighted by atomic mass is 10.3. The van der Waals surface area contributed by atoms with Crippen LogP contribution in [0.1, 0.15) is 6.92 Å². The average molecular weight is 352 g/mol. The number of anilines is 1. The molecule has 0 aliphatic heterocycles. The first-order valence-electron chi connectivity index (χ1n) is 4.65. The minimum absolute atomic E-state index is 0.403. The number of aliphatic carboxylic acids is 1. The zero-order valence-corrected chi connectivity index (χ0v) is 11.0.